The number of aliphatic hydroxyl groups is 1. The van der Waals surface area contributed by atoms with Gasteiger partial charge in [0, 0.05) is 0 Å². The first-order chi connectivity index (χ1) is 9.01. The number of allylic oxidation sites excluding steroid dienone is 1. The zero-order chi connectivity index (χ0) is 15.3. The first kappa shape index (κ1) is 20.0. The molecule has 0 aromatic heterocycles. The van der Waals surface area contributed by atoms with Crippen molar-refractivity contribution in [2.45, 2.75) is 75.3 Å². The minimum Gasteiger partial charge on any atom is -1.00 e. The van der Waals surface area contributed by atoms with E-state index in [4.69, 9.17) is 0 Å². The van der Waals surface area contributed by atoms with Crippen LogP contribution in [0.5, 0.6) is 0 Å². The van der Waals surface area contributed by atoms with Crippen LogP contribution >= 0.6 is 0 Å². The van der Waals surface area contributed by atoms with E-state index in [9.17, 15) is 5.11 Å². The Kier molecular flexibility index (Phi) is 6.11. The molecule has 1 nitrogen and oxygen atoms in total. The van der Waals surface area contributed by atoms with Crippen LogP contribution in [-0.2, 0) is 0 Å². The number of halogens is 1. The molecule has 0 saturated heterocycles. The Hall–Kier alpha value is 0.916. The van der Waals surface area contributed by atoms with E-state index in [1.807, 2.05) is 0 Å². The molecule has 1 unspecified atom stereocenters. The van der Waals surface area contributed by atoms with Crippen molar-refractivity contribution in [2.75, 3.05) is 0 Å². The van der Waals surface area contributed by atoms with Gasteiger partial charge in [0.25, 0.3) is 0 Å². The second-order valence-corrected chi connectivity index (χ2v) is 18.6. The third-order valence-electron chi connectivity index (χ3n) is 6.18. The molecule has 0 spiro atoms. The van der Waals surface area contributed by atoms with Crippen molar-refractivity contribution in [3.63, 3.8) is 0 Å². The van der Waals surface area contributed by atoms with Crippen LogP contribution in [0.15, 0.2) is 11.8 Å². The van der Waals surface area contributed by atoms with Gasteiger partial charge in [-0.25, -0.2) is 0 Å². The number of rotatable bonds is 4. The van der Waals surface area contributed by atoms with Crippen LogP contribution in [0.4, 0.5) is 0 Å². The van der Waals surface area contributed by atoms with Crippen LogP contribution in [0.1, 0.15) is 33.6 Å². The van der Waals surface area contributed by atoms with Gasteiger partial charge in [-0.1, -0.05) is 0 Å². The van der Waals surface area contributed by atoms with E-state index >= 15 is 0 Å². The fourth-order valence-corrected chi connectivity index (χ4v) is 10.7. The minimum atomic E-state index is -1.06. The molecule has 0 aromatic carbocycles. The van der Waals surface area contributed by atoms with E-state index < -0.39 is 22.0 Å². The normalized spacial score (nSPS) is 39.5. The summed E-state index contributed by atoms with van der Waals surface area (Å²) in [6.45, 7) is 14.3. The van der Waals surface area contributed by atoms with Crippen molar-refractivity contribution in [3.8, 4) is 0 Å². The zero-order valence-corrected chi connectivity index (χ0v) is 19.0. The van der Waals surface area contributed by atoms with Crippen LogP contribution in [0.2, 0.25) is 35.6 Å². The summed E-state index contributed by atoms with van der Waals surface area (Å²) in [6, 6.07) is 0. The molecule has 0 radical (unpaired) electrons. The van der Waals surface area contributed by atoms with Gasteiger partial charge >= 0.3 is 131 Å². The van der Waals surface area contributed by atoms with E-state index in [-0.39, 0.29) is 28.5 Å². The summed E-state index contributed by atoms with van der Waals surface area (Å²) in [5.74, 6) is 3.24. The molecule has 2 aliphatic carbocycles. The molecular weight excluding hydrogens is 407 g/mol. The van der Waals surface area contributed by atoms with Gasteiger partial charge < -0.3 is 17.0 Å². The molecule has 0 heterocycles. The smallest absolute Gasteiger partial charge is 1.00 e. The molecule has 4 heteroatoms. The molecular formula is C17H33BrOSeSi. The molecule has 124 valence electrons. The Morgan fingerprint density at radius 3 is 2.24 bits per heavy atom. The zero-order valence-electron chi connectivity index (χ0n) is 14.7. The fourth-order valence-electron chi connectivity index (χ4n) is 4.41. The first-order valence-electron chi connectivity index (χ1n) is 7.98. The van der Waals surface area contributed by atoms with E-state index in [0.29, 0.717) is 10.2 Å². The molecule has 5 atom stereocenters. The Morgan fingerprint density at radius 1 is 1.24 bits per heavy atom. The van der Waals surface area contributed by atoms with Crippen LogP contribution in [0, 0.1) is 16.7 Å². The standard InChI is InChI=1S/C17H33OSeSi.BrH/c1-16(2)13-9-10-17(16,3)15(18)14(13)19(4)11-8-12-20(5,6)7;/h8,12-15,18H,9-11H2,1-7H3;1H/q+1;/p-1/b12-8+;/t13-,14-,15-,17+,19?;/m1./s1. The summed E-state index contributed by atoms with van der Waals surface area (Å²) < 4.78 is 0. The predicted octanol–water partition coefficient (Wildman–Crippen LogP) is 1.74. The van der Waals surface area contributed by atoms with Crippen LogP contribution < -0.4 is 17.0 Å². The molecule has 0 aliphatic heterocycles. The van der Waals surface area contributed by atoms with Crippen LogP contribution in [0.25, 0.3) is 0 Å². The van der Waals surface area contributed by atoms with Crippen molar-refractivity contribution in [1.82, 2.24) is 0 Å². The largest absolute Gasteiger partial charge is 1.00 e. The van der Waals surface area contributed by atoms with E-state index in [1.165, 1.54) is 18.2 Å². The Labute approximate surface area is 147 Å². The van der Waals surface area contributed by atoms with E-state index in [1.54, 1.807) is 0 Å². The van der Waals surface area contributed by atoms with Crippen molar-refractivity contribution in [3.05, 3.63) is 11.8 Å². The van der Waals surface area contributed by atoms with Gasteiger partial charge in [0.1, 0.15) is 0 Å². The summed E-state index contributed by atoms with van der Waals surface area (Å²) in [6.07, 6.45) is 4.97. The summed E-state index contributed by atoms with van der Waals surface area (Å²) in [5, 5.41) is 12.2. The van der Waals surface area contributed by atoms with Crippen LogP contribution in [0.3, 0.4) is 0 Å². The van der Waals surface area contributed by atoms with E-state index in [2.05, 4.69) is 58.0 Å². The first-order valence-corrected chi connectivity index (χ1v) is 15.5. The average molecular weight is 440 g/mol. The Bertz CT molecular complexity index is 404. The molecule has 1 N–H and O–H groups in total. The van der Waals surface area contributed by atoms with Gasteiger partial charge in [-0.05, 0) is 0 Å². The third-order valence-corrected chi connectivity index (χ3v) is 12.1. The maximum atomic E-state index is 10.9. The van der Waals surface area contributed by atoms with Crippen LogP contribution in [-0.4, -0.2) is 33.2 Å². The van der Waals surface area contributed by atoms with Gasteiger partial charge in [0.2, 0.25) is 0 Å². The minimum absolute atomic E-state index is 0. The molecule has 2 bridgehead atoms. The van der Waals surface area contributed by atoms with Crippen molar-refractivity contribution >= 4 is 22.0 Å². The monoisotopic (exact) mass is 440 g/mol. The van der Waals surface area contributed by atoms with Crippen molar-refractivity contribution < 1.29 is 22.1 Å². The van der Waals surface area contributed by atoms with Gasteiger partial charge in [0.15, 0.2) is 0 Å². The van der Waals surface area contributed by atoms with E-state index in [0.717, 1.165) is 5.92 Å². The maximum Gasteiger partial charge on any atom is -1.00 e. The molecule has 0 amide bonds. The number of hydrogen-bond acceptors (Lipinski definition) is 1. The molecule has 2 aliphatic rings. The molecule has 2 fully saturated rings. The molecule has 0 aromatic rings. The third kappa shape index (κ3) is 3.40. The van der Waals surface area contributed by atoms with Crippen molar-refractivity contribution in [1.29, 1.82) is 0 Å². The maximum absolute atomic E-state index is 10.9. The summed E-state index contributed by atoms with van der Waals surface area (Å²) in [5.41, 5.74) is 2.99. The van der Waals surface area contributed by atoms with Crippen molar-refractivity contribution in [2.24, 2.45) is 16.7 Å². The predicted molar refractivity (Wildman–Crippen MR) is 93.3 cm³/mol. The molecule has 2 saturated carbocycles. The SMILES string of the molecule is C[Se+](C/C=C/[Si](C)(C)C)[C@@H]1[C@H]2CC[C@@](C)([C@@H]1O)C2(C)C.[Br-]. The second kappa shape index (κ2) is 6.43. The number of hydrogen-bond donors (Lipinski definition) is 1. The number of aliphatic hydroxyl groups excluding tert-OH is 1. The van der Waals surface area contributed by atoms with Gasteiger partial charge in [-0.2, -0.15) is 0 Å². The number of fused-ring (bicyclic) bond motifs is 2. The molecule has 21 heavy (non-hydrogen) atoms. The Morgan fingerprint density at radius 2 is 1.81 bits per heavy atom. The van der Waals surface area contributed by atoms with Gasteiger partial charge in [-0.3, -0.25) is 0 Å². The van der Waals surface area contributed by atoms with Gasteiger partial charge in [-0.15, -0.1) is 0 Å². The van der Waals surface area contributed by atoms with Gasteiger partial charge in [0.05, 0.1) is 0 Å². The molecule has 2 rings (SSSR count). The quantitative estimate of drug-likeness (QED) is 0.661. The summed E-state index contributed by atoms with van der Waals surface area (Å²) in [4.78, 5) is 0.620. The average Bonchev–Trinajstić information content (AvgIpc) is 2.59. The Balaban J connectivity index is 0.00000220. The summed E-state index contributed by atoms with van der Waals surface area (Å²) >= 11 is -0.739. The summed E-state index contributed by atoms with van der Waals surface area (Å²) in [7, 11) is -1.06. The second-order valence-electron chi connectivity index (χ2n) is 8.82. The fraction of sp³-hybridized carbons (Fsp3) is 0.882. The topological polar surface area (TPSA) is 20.2 Å².